The first-order valence-corrected chi connectivity index (χ1v) is 7.37. The molecule has 5 heteroatoms. The van der Waals surface area contributed by atoms with Crippen molar-refractivity contribution in [1.29, 1.82) is 0 Å². The lowest BCUT2D eigenvalue weighted by atomic mass is 9.93. The van der Waals surface area contributed by atoms with Gasteiger partial charge in [-0.1, -0.05) is 32.4 Å². The molecule has 20 heavy (non-hydrogen) atoms. The van der Waals surface area contributed by atoms with Crippen LogP contribution in [0.5, 0.6) is 5.75 Å². The molecule has 0 unspecified atom stereocenters. The molecule has 0 aliphatic carbocycles. The standard InChI is InChI=1S/C15H23ClN2O2/c1-4-9-20-13-8-7-11(16)10-12(13)18-14(19)15(17,5-2)6-3/h7-8,10H,4-6,9,17H2,1-3H3,(H,18,19). The second-order valence-corrected chi connectivity index (χ2v) is 5.24. The maximum atomic E-state index is 12.3. The molecule has 0 aromatic heterocycles. The van der Waals surface area contributed by atoms with Gasteiger partial charge >= 0.3 is 0 Å². The van der Waals surface area contributed by atoms with Crippen molar-refractivity contribution in [2.45, 2.75) is 45.6 Å². The quantitative estimate of drug-likeness (QED) is 0.808. The molecule has 0 radical (unpaired) electrons. The zero-order valence-corrected chi connectivity index (χ0v) is 13.1. The van der Waals surface area contributed by atoms with Gasteiger partial charge in [0.15, 0.2) is 0 Å². The van der Waals surface area contributed by atoms with Crippen LogP contribution in [0, 0.1) is 0 Å². The topological polar surface area (TPSA) is 64.3 Å². The first-order chi connectivity index (χ1) is 9.46. The number of ether oxygens (including phenoxy) is 1. The zero-order valence-electron chi connectivity index (χ0n) is 12.3. The van der Waals surface area contributed by atoms with Gasteiger partial charge in [0, 0.05) is 5.02 Å². The van der Waals surface area contributed by atoms with E-state index in [0.29, 0.717) is 35.9 Å². The van der Waals surface area contributed by atoms with E-state index in [2.05, 4.69) is 5.32 Å². The summed E-state index contributed by atoms with van der Waals surface area (Å²) >= 11 is 5.98. The Hall–Kier alpha value is -1.26. The van der Waals surface area contributed by atoms with Gasteiger partial charge in [0.2, 0.25) is 5.91 Å². The van der Waals surface area contributed by atoms with Crippen molar-refractivity contribution in [3.8, 4) is 5.75 Å². The Morgan fingerprint density at radius 3 is 2.55 bits per heavy atom. The third-order valence-electron chi connectivity index (χ3n) is 3.37. The average molecular weight is 299 g/mol. The Morgan fingerprint density at radius 2 is 2.00 bits per heavy atom. The van der Waals surface area contributed by atoms with Crippen molar-refractivity contribution in [3.63, 3.8) is 0 Å². The number of nitrogens with one attached hydrogen (secondary N) is 1. The van der Waals surface area contributed by atoms with E-state index in [1.165, 1.54) is 0 Å². The summed E-state index contributed by atoms with van der Waals surface area (Å²) in [5.41, 5.74) is 5.78. The number of hydrogen-bond donors (Lipinski definition) is 2. The summed E-state index contributed by atoms with van der Waals surface area (Å²) in [5.74, 6) is 0.394. The molecular formula is C15H23ClN2O2. The van der Waals surface area contributed by atoms with Crippen LogP contribution in [0.4, 0.5) is 5.69 Å². The van der Waals surface area contributed by atoms with Crippen molar-refractivity contribution < 1.29 is 9.53 Å². The molecule has 0 aliphatic heterocycles. The normalized spacial score (nSPS) is 11.2. The third-order valence-corrected chi connectivity index (χ3v) is 3.60. The molecule has 1 rings (SSSR count). The molecule has 0 saturated heterocycles. The lowest BCUT2D eigenvalue weighted by molar-refractivity contribution is -0.121. The van der Waals surface area contributed by atoms with Gasteiger partial charge in [0.25, 0.3) is 0 Å². The number of rotatable bonds is 7. The highest BCUT2D eigenvalue weighted by molar-refractivity contribution is 6.31. The Morgan fingerprint density at radius 1 is 1.35 bits per heavy atom. The summed E-state index contributed by atoms with van der Waals surface area (Å²) in [6.07, 6.45) is 2.03. The van der Waals surface area contributed by atoms with Crippen LogP contribution in [-0.4, -0.2) is 18.1 Å². The van der Waals surface area contributed by atoms with Gasteiger partial charge in [-0.3, -0.25) is 4.79 Å². The van der Waals surface area contributed by atoms with E-state index in [-0.39, 0.29) is 5.91 Å². The summed E-state index contributed by atoms with van der Waals surface area (Å²) < 4.78 is 5.61. The molecule has 0 spiro atoms. The predicted molar refractivity (Wildman–Crippen MR) is 83.4 cm³/mol. The molecule has 0 fully saturated rings. The lowest BCUT2D eigenvalue weighted by Gasteiger charge is -2.25. The highest BCUT2D eigenvalue weighted by Crippen LogP contribution is 2.29. The van der Waals surface area contributed by atoms with Crippen LogP contribution in [0.2, 0.25) is 5.02 Å². The third kappa shape index (κ3) is 4.12. The van der Waals surface area contributed by atoms with Gasteiger partial charge in [0.1, 0.15) is 5.75 Å². The minimum atomic E-state index is -0.871. The van der Waals surface area contributed by atoms with Crippen LogP contribution < -0.4 is 15.8 Å². The second-order valence-electron chi connectivity index (χ2n) is 4.81. The number of benzene rings is 1. The van der Waals surface area contributed by atoms with Gasteiger partial charge in [-0.05, 0) is 37.5 Å². The molecule has 1 amide bonds. The molecule has 0 bridgehead atoms. The van der Waals surface area contributed by atoms with Crippen molar-refractivity contribution in [2.75, 3.05) is 11.9 Å². The molecule has 0 saturated carbocycles. The lowest BCUT2D eigenvalue weighted by Crippen LogP contribution is -2.50. The monoisotopic (exact) mass is 298 g/mol. The molecule has 1 aromatic rings. The van der Waals surface area contributed by atoms with Crippen molar-refractivity contribution in [2.24, 2.45) is 5.73 Å². The number of carbonyl (C=O) groups excluding carboxylic acids is 1. The molecule has 0 aliphatic rings. The molecule has 3 N–H and O–H groups in total. The molecule has 1 aromatic carbocycles. The van der Waals surface area contributed by atoms with Crippen LogP contribution in [0.25, 0.3) is 0 Å². The first kappa shape index (κ1) is 16.8. The maximum absolute atomic E-state index is 12.3. The SMILES string of the molecule is CCCOc1ccc(Cl)cc1NC(=O)C(N)(CC)CC. The second kappa shape index (κ2) is 7.50. The van der Waals surface area contributed by atoms with E-state index in [1.807, 2.05) is 20.8 Å². The van der Waals surface area contributed by atoms with Crippen LogP contribution in [0.3, 0.4) is 0 Å². The van der Waals surface area contributed by atoms with E-state index in [9.17, 15) is 4.79 Å². The highest BCUT2D eigenvalue weighted by Gasteiger charge is 2.30. The van der Waals surface area contributed by atoms with Crippen molar-refractivity contribution >= 4 is 23.2 Å². The Balaban J connectivity index is 2.95. The summed E-state index contributed by atoms with van der Waals surface area (Å²) in [6, 6.07) is 5.16. The molecule has 0 atom stereocenters. The summed E-state index contributed by atoms with van der Waals surface area (Å²) in [4.78, 5) is 12.3. The molecule has 112 valence electrons. The van der Waals surface area contributed by atoms with Crippen LogP contribution in [-0.2, 0) is 4.79 Å². The maximum Gasteiger partial charge on any atom is 0.244 e. The van der Waals surface area contributed by atoms with Gasteiger partial charge in [0.05, 0.1) is 17.8 Å². The van der Waals surface area contributed by atoms with Gasteiger partial charge < -0.3 is 15.8 Å². The van der Waals surface area contributed by atoms with E-state index < -0.39 is 5.54 Å². The Kier molecular flexibility index (Phi) is 6.30. The number of carbonyl (C=O) groups is 1. The number of halogens is 1. The zero-order chi connectivity index (χ0) is 15.2. The number of hydrogen-bond acceptors (Lipinski definition) is 3. The average Bonchev–Trinajstić information content (AvgIpc) is 2.45. The van der Waals surface area contributed by atoms with Crippen molar-refractivity contribution in [3.05, 3.63) is 23.2 Å². The van der Waals surface area contributed by atoms with Gasteiger partial charge in [-0.2, -0.15) is 0 Å². The molecule has 4 nitrogen and oxygen atoms in total. The van der Waals surface area contributed by atoms with Gasteiger partial charge in [-0.15, -0.1) is 0 Å². The number of nitrogens with two attached hydrogens (primary N) is 1. The van der Waals surface area contributed by atoms with Gasteiger partial charge in [-0.25, -0.2) is 0 Å². The Labute approximate surface area is 125 Å². The number of amides is 1. The van der Waals surface area contributed by atoms with E-state index in [4.69, 9.17) is 22.1 Å². The van der Waals surface area contributed by atoms with E-state index in [0.717, 1.165) is 6.42 Å². The summed E-state index contributed by atoms with van der Waals surface area (Å²) in [7, 11) is 0. The smallest absolute Gasteiger partial charge is 0.244 e. The highest BCUT2D eigenvalue weighted by atomic mass is 35.5. The predicted octanol–water partition coefficient (Wildman–Crippen LogP) is 3.58. The summed E-state index contributed by atoms with van der Waals surface area (Å²) in [6.45, 7) is 6.40. The fraction of sp³-hybridized carbons (Fsp3) is 0.533. The van der Waals surface area contributed by atoms with Crippen LogP contribution >= 0.6 is 11.6 Å². The van der Waals surface area contributed by atoms with E-state index in [1.54, 1.807) is 18.2 Å². The minimum Gasteiger partial charge on any atom is -0.491 e. The van der Waals surface area contributed by atoms with Crippen LogP contribution in [0.15, 0.2) is 18.2 Å². The fourth-order valence-corrected chi connectivity index (χ4v) is 1.93. The first-order valence-electron chi connectivity index (χ1n) is 6.99. The van der Waals surface area contributed by atoms with Crippen molar-refractivity contribution in [1.82, 2.24) is 0 Å². The largest absolute Gasteiger partial charge is 0.491 e. The Bertz CT molecular complexity index is 459. The van der Waals surface area contributed by atoms with Crippen LogP contribution in [0.1, 0.15) is 40.0 Å². The molecule has 0 heterocycles. The van der Waals surface area contributed by atoms with E-state index >= 15 is 0 Å². The number of anilines is 1. The minimum absolute atomic E-state index is 0.217. The fourth-order valence-electron chi connectivity index (χ4n) is 1.76. The summed E-state index contributed by atoms with van der Waals surface area (Å²) in [5, 5.41) is 3.37. The molecular weight excluding hydrogens is 276 g/mol.